The molecule has 0 aromatic carbocycles. The number of rotatable bonds is 5. The molecule has 0 spiro atoms. The van der Waals surface area contributed by atoms with Gasteiger partial charge in [-0.2, -0.15) is 0 Å². The average molecular weight is 381 g/mol. The minimum absolute atomic E-state index is 0.0382. The third-order valence-electron chi connectivity index (χ3n) is 5.36. The Labute approximate surface area is 165 Å². The van der Waals surface area contributed by atoms with Crippen molar-refractivity contribution in [1.29, 1.82) is 0 Å². The fourth-order valence-electron chi connectivity index (χ4n) is 4.01. The van der Waals surface area contributed by atoms with Gasteiger partial charge in [0.2, 0.25) is 0 Å². The summed E-state index contributed by atoms with van der Waals surface area (Å²) in [6.45, 7) is 8.04. The first-order chi connectivity index (χ1) is 13.1. The van der Waals surface area contributed by atoms with Crippen LogP contribution in [0.25, 0.3) is 0 Å². The summed E-state index contributed by atoms with van der Waals surface area (Å²) in [6, 6.07) is 12.4. The van der Waals surface area contributed by atoms with Crippen LogP contribution in [0.4, 0.5) is 0 Å². The molecule has 3 aromatic rings. The van der Waals surface area contributed by atoms with Gasteiger partial charge in [-0.1, -0.05) is 6.07 Å². The smallest absolute Gasteiger partial charge is 0.170 e. The van der Waals surface area contributed by atoms with Crippen molar-refractivity contribution in [3.63, 3.8) is 0 Å². The quantitative estimate of drug-likeness (QED) is 0.674. The minimum atomic E-state index is 0.0382. The molecule has 1 N–H and O–H groups in total. The van der Waals surface area contributed by atoms with E-state index in [1.165, 1.54) is 17.0 Å². The molecule has 0 aliphatic carbocycles. The van der Waals surface area contributed by atoms with Crippen LogP contribution in [0.1, 0.15) is 47.4 Å². The van der Waals surface area contributed by atoms with Gasteiger partial charge in [-0.25, -0.2) is 0 Å². The van der Waals surface area contributed by atoms with Crippen LogP contribution in [-0.2, 0) is 6.54 Å². The Kier molecular flexibility index (Phi) is 4.74. The number of nitrogens with one attached hydrogen (secondary N) is 1. The van der Waals surface area contributed by atoms with E-state index in [0.717, 1.165) is 29.7 Å². The SMILES string of the molecule is CCN1C(=S)N[C@@H](c2ccccn2)[C@H]1c1cc(C)n(Cc2ccco2)c1C. The maximum absolute atomic E-state index is 5.64. The van der Waals surface area contributed by atoms with Gasteiger partial charge in [-0.3, -0.25) is 4.98 Å². The molecule has 140 valence electrons. The van der Waals surface area contributed by atoms with Crippen molar-refractivity contribution in [2.45, 2.75) is 39.4 Å². The normalized spacial score (nSPS) is 19.5. The van der Waals surface area contributed by atoms with Crippen LogP contribution in [0, 0.1) is 13.8 Å². The van der Waals surface area contributed by atoms with Crippen molar-refractivity contribution in [3.8, 4) is 0 Å². The first-order valence-electron chi connectivity index (χ1n) is 9.27. The molecular weight excluding hydrogens is 356 g/mol. The first kappa shape index (κ1) is 17.8. The van der Waals surface area contributed by atoms with Gasteiger partial charge in [0.25, 0.3) is 0 Å². The summed E-state index contributed by atoms with van der Waals surface area (Å²) < 4.78 is 7.86. The van der Waals surface area contributed by atoms with Crippen molar-refractivity contribution in [2.24, 2.45) is 0 Å². The molecule has 5 nitrogen and oxygen atoms in total. The van der Waals surface area contributed by atoms with Crippen LogP contribution in [0.15, 0.2) is 53.3 Å². The maximum Gasteiger partial charge on any atom is 0.170 e. The Hall–Kier alpha value is -2.60. The van der Waals surface area contributed by atoms with E-state index in [1.54, 1.807) is 6.26 Å². The van der Waals surface area contributed by atoms with E-state index in [0.29, 0.717) is 0 Å². The fraction of sp³-hybridized carbons (Fsp3) is 0.333. The fourth-order valence-corrected chi connectivity index (χ4v) is 4.38. The predicted octanol–water partition coefficient (Wildman–Crippen LogP) is 4.13. The second-order valence-electron chi connectivity index (χ2n) is 6.90. The van der Waals surface area contributed by atoms with Crippen molar-refractivity contribution in [3.05, 3.63) is 77.3 Å². The van der Waals surface area contributed by atoms with Crippen molar-refractivity contribution in [1.82, 2.24) is 19.8 Å². The number of hydrogen-bond donors (Lipinski definition) is 1. The number of likely N-dealkylation sites (N-methyl/N-ethyl adjacent to an activating group) is 1. The molecule has 0 radical (unpaired) electrons. The zero-order valence-corrected chi connectivity index (χ0v) is 16.7. The van der Waals surface area contributed by atoms with E-state index >= 15 is 0 Å². The summed E-state index contributed by atoms with van der Waals surface area (Å²) >= 11 is 5.64. The highest BCUT2D eigenvalue weighted by Gasteiger charge is 2.40. The van der Waals surface area contributed by atoms with Crippen LogP contribution in [0.5, 0.6) is 0 Å². The van der Waals surface area contributed by atoms with Gasteiger partial charge >= 0.3 is 0 Å². The van der Waals surface area contributed by atoms with E-state index < -0.39 is 0 Å². The molecule has 6 heteroatoms. The van der Waals surface area contributed by atoms with Gasteiger partial charge < -0.3 is 19.2 Å². The number of hydrogen-bond acceptors (Lipinski definition) is 3. The number of furan rings is 1. The number of pyridine rings is 1. The second-order valence-corrected chi connectivity index (χ2v) is 7.29. The zero-order chi connectivity index (χ0) is 19.0. The van der Waals surface area contributed by atoms with Crippen LogP contribution in [-0.4, -0.2) is 26.1 Å². The van der Waals surface area contributed by atoms with Gasteiger partial charge in [0, 0.05) is 24.1 Å². The van der Waals surface area contributed by atoms with E-state index in [4.69, 9.17) is 16.6 Å². The Bertz CT molecular complexity index is 933. The van der Waals surface area contributed by atoms with Gasteiger partial charge in [-0.15, -0.1) is 0 Å². The largest absolute Gasteiger partial charge is 0.467 e. The Morgan fingerprint density at radius 2 is 2.07 bits per heavy atom. The highest BCUT2D eigenvalue weighted by molar-refractivity contribution is 7.80. The standard InChI is InChI=1S/C21H24N4OS/c1-4-24-20(19(23-21(24)27)18-9-5-6-10-22-18)17-12-14(2)25(15(17)3)13-16-8-7-11-26-16/h5-12,19-20H,4,13H2,1-3H3,(H,23,27)/t19-,20+/m0/s1. The molecule has 4 rings (SSSR count). The molecular formula is C21H24N4OS. The summed E-state index contributed by atoms with van der Waals surface area (Å²) in [7, 11) is 0. The summed E-state index contributed by atoms with van der Waals surface area (Å²) in [4.78, 5) is 6.85. The number of aryl methyl sites for hydroxylation is 1. The predicted molar refractivity (Wildman–Crippen MR) is 110 cm³/mol. The summed E-state index contributed by atoms with van der Waals surface area (Å²) in [5.74, 6) is 0.956. The van der Waals surface area contributed by atoms with Crippen LogP contribution in [0.3, 0.4) is 0 Å². The zero-order valence-electron chi connectivity index (χ0n) is 15.8. The Morgan fingerprint density at radius 3 is 2.74 bits per heavy atom. The van der Waals surface area contributed by atoms with Gasteiger partial charge in [0.1, 0.15) is 5.76 Å². The topological polar surface area (TPSA) is 46.2 Å². The molecule has 0 saturated carbocycles. The van der Waals surface area contributed by atoms with Gasteiger partial charge in [0.15, 0.2) is 5.11 Å². The molecule has 0 unspecified atom stereocenters. The molecule has 0 amide bonds. The van der Waals surface area contributed by atoms with Crippen molar-refractivity contribution >= 4 is 17.3 Å². The van der Waals surface area contributed by atoms with E-state index in [2.05, 4.69) is 52.7 Å². The molecule has 1 fully saturated rings. The minimum Gasteiger partial charge on any atom is -0.467 e. The monoisotopic (exact) mass is 380 g/mol. The Morgan fingerprint density at radius 1 is 1.22 bits per heavy atom. The van der Waals surface area contributed by atoms with E-state index in [1.807, 2.05) is 30.5 Å². The first-order valence-corrected chi connectivity index (χ1v) is 9.68. The molecule has 1 saturated heterocycles. The molecule has 4 heterocycles. The highest BCUT2D eigenvalue weighted by atomic mass is 32.1. The third-order valence-corrected chi connectivity index (χ3v) is 5.72. The van der Waals surface area contributed by atoms with Gasteiger partial charge in [-0.05, 0) is 68.9 Å². The molecule has 27 heavy (non-hydrogen) atoms. The second kappa shape index (κ2) is 7.19. The molecule has 0 bridgehead atoms. The Balaban J connectivity index is 1.76. The number of aromatic nitrogens is 2. The lowest BCUT2D eigenvalue weighted by Gasteiger charge is -2.27. The van der Waals surface area contributed by atoms with Gasteiger partial charge in [0.05, 0.1) is 30.6 Å². The average Bonchev–Trinajstić information content (AvgIpc) is 3.37. The summed E-state index contributed by atoms with van der Waals surface area (Å²) in [6.07, 6.45) is 3.56. The lowest BCUT2D eigenvalue weighted by Crippen LogP contribution is -2.29. The summed E-state index contributed by atoms with van der Waals surface area (Å²) in [5, 5.41) is 4.27. The number of thiocarbonyl (C=S) groups is 1. The maximum atomic E-state index is 5.64. The van der Waals surface area contributed by atoms with Crippen LogP contribution < -0.4 is 5.32 Å². The highest BCUT2D eigenvalue weighted by Crippen LogP contribution is 2.40. The molecule has 1 aliphatic rings. The van der Waals surface area contributed by atoms with Crippen LogP contribution >= 0.6 is 12.2 Å². The van der Waals surface area contributed by atoms with Crippen LogP contribution in [0.2, 0.25) is 0 Å². The third kappa shape index (κ3) is 3.14. The van der Waals surface area contributed by atoms with E-state index in [9.17, 15) is 0 Å². The lowest BCUT2D eigenvalue weighted by molar-refractivity contribution is 0.329. The summed E-state index contributed by atoms with van der Waals surface area (Å²) in [5.41, 5.74) is 4.74. The molecule has 3 aromatic heterocycles. The van der Waals surface area contributed by atoms with Crippen molar-refractivity contribution in [2.75, 3.05) is 6.54 Å². The number of nitrogens with zero attached hydrogens (tertiary/aromatic N) is 3. The van der Waals surface area contributed by atoms with E-state index in [-0.39, 0.29) is 12.1 Å². The lowest BCUT2D eigenvalue weighted by atomic mass is 9.97. The molecule has 2 atom stereocenters. The molecule has 1 aliphatic heterocycles. The van der Waals surface area contributed by atoms with Crippen molar-refractivity contribution < 1.29 is 4.42 Å².